The van der Waals surface area contributed by atoms with Crippen LogP contribution in [0.3, 0.4) is 0 Å². The normalized spacial score (nSPS) is 16.6. The second kappa shape index (κ2) is 5.35. The van der Waals surface area contributed by atoms with Gasteiger partial charge < -0.3 is 9.88 Å². The lowest BCUT2D eigenvalue weighted by atomic mass is 10.2. The highest BCUT2D eigenvalue weighted by Crippen LogP contribution is 2.12. The summed E-state index contributed by atoms with van der Waals surface area (Å²) in [5, 5.41) is 0. The number of H-pyrrole nitrogens is 1. The molecule has 1 fully saturated rings. The second-order valence-corrected chi connectivity index (χ2v) is 5.04. The SMILES string of the molecule is O=C(c1cc(F)c[nH]c1=O)N1CCCSCC1. The maximum absolute atomic E-state index is 13.0. The Bertz CT molecular complexity index is 467. The van der Waals surface area contributed by atoms with E-state index >= 15 is 0 Å². The van der Waals surface area contributed by atoms with Crippen LogP contribution in [0.25, 0.3) is 0 Å². The highest BCUT2D eigenvalue weighted by molar-refractivity contribution is 7.99. The minimum atomic E-state index is -0.600. The van der Waals surface area contributed by atoms with Crippen LogP contribution in [0.1, 0.15) is 16.8 Å². The molecule has 6 heteroatoms. The Hall–Kier alpha value is -1.30. The Morgan fingerprint density at radius 1 is 1.41 bits per heavy atom. The Labute approximate surface area is 102 Å². The lowest BCUT2D eigenvalue weighted by Crippen LogP contribution is -2.36. The summed E-state index contributed by atoms with van der Waals surface area (Å²) < 4.78 is 13.0. The van der Waals surface area contributed by atoms with Gasteiger partial charge in [-0.25, -0.2) is 4.39 Å². The Kier molecular flexibility index (Phi) is 3.83. The predicted octanol–water partition coefficient (Wildman–Crippen LogP) is 1.09. The number of pyridine rings is 1. The van der Waals surface area contributed by atoms with Crippen molar-refractivity contribution < 1.29 is 9.18 Å². The number of amides is 1. The largest absolute Gasteiger partial charge is 0.338 e. The van der Waals surface area contributed by atoms with Crippen molar-refractivity contribution in [3.63, 3.8) is 0 Å². The number of hydrogen-bond donors (Lipinski definition) is 1. The summed E-state index contributed by atoms with van der Waals surface area (Å²) in [5.41, 5.74) is -0.648. The number of halogens is 1. The number of thioether (sulfide) groups is 1. The zero-order valence-corrected chi connectivity index (χ0v) is 10.1. The fourth-order valence-corrected chi connectivity index (χ4v) is 2.62. The third-order valence-corrected chi connectivity index (χ3v) is 3.66. The van der Waals surface area contributed by atoms with Crippen LogP contribution in [0.2, 0.25) is 0 Å². The molecule has 0 bridgehead atoms. The minimum absolute atomic E-state index is 0.114. The first kappa shape index (κ1) is 12.2. The molecule has 1 N–H and O–H groups in total. The quantitative estimate of drug-likeness (QED) is 0.818. The van der Waals surface area contributed by atoms with Crippen molar-refractivity contribution in [3.05, 3.63) is 34.0 Å². The summed E-state index contributed by atoms with van der Waals surface area (Å²) in [6.07, 6.45) is 1.86. The van der Waals surface area contributed by atoms with Crippen LogP contribution < -0.4 is 5.56 Å². The van der Waals surface area contributed by atoms with Crippen LogP contribution in [0.15, 0.2) is 17.1 Å². The molecule has 1 saturated heterocycles. The van der Waals surface area contributed by atoms with E-state index in [1.165, 1.54) is 0 Å². The van der Waals surface area contributed by atoms with Gasteiger partial charge in [-0.3, -0.25) is 9.59 Å². The van der Waals surface area contributed by atoms with Gasteiger partial charge in [0.15, 0.2) is 0 Å². The van der Waals surface area contributed by atoms with Crippen LogP contribution in [0.4, 0.5) is 4.39 Å². The number of hydrogen-bond acceptors (Lipinski definition) is 3. The maximum atomic E-state index is 13.0. The van der Waals surface area contributed by atoms with E-state index in [1.807, 2.05) is 0 Å². The van der Waals surface area contributed by atoms with Crippen LogP contribution in [-0.2, 0) is 0 Å². The minimum Gasteiger partial charge on any atom is -0.338 e. The maximum Gasteiger partial charge on any atom is 0.260 e. The van der Waals surface area contributed by atoms with Gasteiger partial charge >= 0.3 is 0 Å². The number of aromatic nitrogens is 1. The molecule has 1 aromatic heterocycles. The predicted molar refractivity (Wildman–Crippen MR) is 64.9 cm³/mol. The summed E-state index contributed by atoms with van der Waals surface area (Å²) in [5.74, 6) is 0.896. The van der Waals surface area contributed by atoms with Crippen LogP contribution in [0, 0.1) is 5.82 Å². The molecular weight excluding hydrogens is 243 g/mol. The molecule has 1 aliphatic rings. The Morgan fingerprint density at radius 3 is 3.06 bits per heavy atom. The zero-order chi connectivity index (χ0) is 12.3. The van der Waals surface area contributed by atoms with E-state index in [4.69, 9.17) is 0 Å². The van der Waals surface area contributed by atoms with E-state index in [2.05, 4.69) is 4.98 Å². The topological polar surface area (TPSA) is 53.2 Å². The van der Waals surface area contributed by atoms with E-state index in [1.54, 1.807) is 16.7 Å². The summed E-state index contributed by atoms with van der Waals surface area (Å²) in [7, 11) is 0. The van der Waals surface area contributed by atoms with Crippen molar-refractivity contribution in [1.82, 2.24) is 9.88 Å². The number of nitrogens with one attached hydrogen (secondary N) is 1. The zero-order valence-electron chi connectivity index (χ0n) is 9.24. The number of carbonyl (C=O) groups excluding carboxylic acids is 1. The van der Waals surface area contributed by atoms with Gasteiger partial charge in [0.2, 0.25) is 0 Å². The van der Waals surface area contributed by atoms with E-state index in [0.29, 0.717) is 13.1 Å². The van der Waals surface area contributed by atoms with Crippen molar-refractivity contribution in [2.24, 2.45) is 0 Å². The first-order chi connectivity index (χ1) is 8.18. The fraction of sp³-hybridized carbons (Fsp3) is 0.455. The molecule has 17 heavy (non-hydrogen) atoms. The second-order valence-electron chi connectivity index (χ2n) is 3.82. The van der Waals surface area contributed by atoms with Crippen molar-refractivity contribution in [2.75, 3.05) is 24.6 Å². The average Bonchev–Trinajstić information content (AvgIpc) is 2.60. The van der Waals surface area contributed by atoms with Crippen LogP contribution >= 0.6 is 11.8 Å². The van der Waals surface area contributed by atoms with Gasteiger partial charge in [-0.15, -0.1) is 0 Å². The van der Waals surface area contributed by atoms with Crippen molar-refractivity contribution in [2.45, 2.75) is 6.42 Å². The average molecular weight is 256 g/mol. The first-order valence-corrected chi connectivity index (χ1v) is 6.59. The van der Waals surface area contributed by atoms with Crippen LogP contribution in [0.5, 0.6) is 0 Å². The summed E-state index contributed by atoms with van der Waals surface area (Å²) in [4.78, 5) is 27.4. The molecule has 4 nitrogen and oxygen atoms in total. The van der Waals surface area contributed by atoms with Gasteiger partial charge in [0, 0.05) is 25.0 Å². The molecular formula is C11H13FN2O2S. The molecule has 1 amide bonds. The summed E-state index contributed by atoms with van der Waals surface area (Å²) in [6, 6.07) is 0.999. The molecule has 0 radical (unpaired) electrons. The molecule has 2 heterocycles. The van der Waals surface area contributed by atoms with E-state index in [-0.39, 0.29) is 11.5 Å². The molecule has 1 aromatic rings. The van der Waals surface area contributed by atoms with E-state index in [9.17, 15) is 14.0 Å². The highest BCUT2D eigenvalue weighted by Gasteiger charge is 2.20. The number of aromatic amines is 1. The molecule has 0 aromatic carbocycles. The molecule has 0 spiro atoms. The van der Waals surface area contributed by atoms with Gasteiger partial charge in [-0.05, 0) is 18.2 Å². The van der Waals surface area contributed by atoms with E-state index < -0.39 is 11.4 Å². The van der Waals surface area contributed by atoms with Gasteiger partial charge in [-0.2, -0.15) is 11.8 Å². The Balaban J connectivity index is 2.23. The monoisotopic (exact) mass is 256 g/mol. The summed E-state index contributed by atoms with van der Waals surface area (Å²) >= 11 is 1.79. The third-order valence-electron chi connectivity index (χ3n) is 2.61. The molecule has 1 aliphatic heterocycles. The molecule has 0 atom stereocenters. The summed E-state index contributed by atoms with van der Waals surface area (Å²) in [6.45, 7) is 1.24. The lowest BCUT2D eigenvalue weighted by Gasteiger charge is -2.19. The molecule has 92 valence electrons. The molecule has 2 rings (SSSR count). The van der Waals surface area contributed by atoms with Crippen LogP contribution in [-0.4, -0.2) is 40.4 Å². The lowest BCUT2D eigenvalue weighted by molar-refractivity contribution is 0.0766. The number of rotatable bonds is 1. The first-order valence-electron chi connectivity index (χ1n) is 5.44. The van der Waals surface area contributed by atoms with Gasteiger partial charge in [0.1, 0.15) is 11.4 Å². The van der Waals surface area contributed by atoms with Crippen molar-refractivity contribution in [3.8, 4) is 0 Å². The van der Waals surface area contributed by atoms with Gasteiger partial charge in [0.25, 0.3) is 11.5 Å². The fourth-order valence-electron chi connectivity index (χ4n) is 1.74. The smallest absolute Gasteiger partial charge is 0.260 e. The molecule has 0 saturated carbocycles. The third kappa shape index (κ3) is 2.88. The van der Waals surface area contributed by atoms with Gasteiger partial charge in [-0.1, -0.05) is 0 Å². The number of nitrogens with zero attached hydrogens (tertiary/aromatic N) is 1. The molecule has 0 unspecified atom stereocenters. The molecule has 0 aliphatic carbocycles. The highest BCUT2D eigenvalue weighted by atomic mass is 32.2. The Morgan fingerprint density at radius 2 is 2.24 bits per heavy atom. The number of carbonyl (C=O) groups is 1. The van der Waals surface area contributed by atoms with Crippen molar-refractivity contribution >= 4 is 17.7 Å². The standard InChI is InChI=1S/C11H13FN2O2S/c12-8-6-9(10(15)13-7-8)11(16)14-2-1-4-17-5-3-14/h6-7H,1-5H2,(H,13,15). The van der Waals surface area contributed by atoms with Crippen molar-refractivity contribution in [1.29, 1.82) is 0 Å². The van der Waals surface area contributed by atoms with E-state index in [0.717, 1.165) is 30.2 Å². The van der Waals surface area contributed by atoms with Gasteiger partial charge in [0.05, 0.1) is 0 Å².